The predicted octanol–water partition coefficient (Wildman–Crippen LogP) is 5.01. The number of halogens is 3. The first kappa shape index (κ1) is 16.9. The maximum atomic E-state index is 13.2. The topological polar surface area (TPSA) is 54.0 Å². The Labute approximate surface area is 147 Å². The van der Waals surface area contributed by atoms with E-state index in [-0.39, 0.29) is 10.6 Å². The van der Waals surface area contributed by atoms with E-state index in [1.54, 1.807) is 12.1 Å². The van der Waals surface area contributed by atoms with E-state index in [9.17, 15) is 13.6 Å². The summed E-state index contributed by atoms with van der Waals surface area (Å²) in [5, 5.41) is 5.56. The average molecular weight is 360 g/mol. The Kier molecular flexibility index (Phi) is 4.90. The first-order valence-corrected chi connectivity index (χ1v) is 7.63. The van der Waals surface area contributed by atoms with Crippen LogP contribution in [0.25, 0.3) is 0 Å². The van der Waals surface area contributed by atoms with Crippen molar-refractivity contribution in [1.82, 2.24) is 4.98 Å². The molecule has 1 amide bonds. The third-order valence-electron chi connectivity index (χ3n) is 3.29. The molecule has 126 valence electrons. The van der Waals surface area contributed by atoms with Gasteiger partial charge in [0.2, 0.25) is 0 Å². The Bertz CT molecular complexity index is 934. The molecule has 25 heavy (non-hydrogen) atoms. The van der Waals surface area contributed by atoms with Crippen LogP contribution in [0.3, 0.4) is 0 Å². The number of carbonyl (C=O) groups excluding carboxylic acids is 1. The molecule has 2 N–H and O–H groups in total. The fourth-order valence-corrected chi connectivity index (χ4v) is 2.32. The maximum absolute atomic E-state index is 13.2. The molecular weight excluding hydrogens is 348 g/mol. The predicted molar refractivity (Wildman–Crippen MR) is 93.3 cm³/mol. The number of carbonyl (C=O) groups is 1. The molecule has 0 radical (unpaired) electrons. The fraction of sp³-hybridized carbons (Fsp3) is 0. The fourth-order valence-electron chi connectivity index (χ4n) is 2.14. The van der Waals surface area contributed by atoms with Crippen molar-refractivity contribution in [3.8, 4) is 0 Å². The first-order chi connectivity index (χ1) is 12.0. The van der Waals surface area contributed by atoms with Crippen molar-refractivity contribution in [3.63, 3.8) is 0 Å². The van der Waals surface area contributed by atoms with Gasteiger partial charge < -0.3 is 10.6 Å². The second kappa shape index (κ2) is 7.27. The number of anilines is 3. The number of nitrogens with one attached hydrogen (secondary N) is 2. The standard InChI is InChI=1S/C18H12ClF2N3O/c19-16-8-14(4-5-17(16)21)23-15-6-11(9-22-10-15)18(25)24-13-3-1-2-12(20)7-13/h1-10,23H,(H,24,25). The van der Waals surface area contributed by atoms with E-state index in [0.29, 0.717) is 17.1 Å². The number of amides is 1. The highest BCUT2D eigenvalue weighted by molar-refractivity contribution is 6.31. The van der Waals surface area contributed by atoms with Crippen molar-refractivity contribution in [3.05, 3.63) is 83.1 Å². The number of nitrogens with zero attached hydrogens (tertiary/aromatic N) is 1. The van der Waals surface area contributed by atoms with Gasteiger partial charge in [-0.25, -0.2) is 8.78 Å². The van der Waals surface area contributed by atoms with Gasteiger partial charge in [0.15, 0.2) is 0 Å². The van der Waals surface area contributed by atoms with Crippen molar-refractivity contribution >= 4 is 34.6 Å². The van der Waals surface area contributed by atoms with Gasteiger partial charge in [0.1, 0.15) is 11.6 Å². The molecule has 0 atom stereocenters. The Morgan fingerprint density at radius 2 is 1.80 bits per heavy atom. The minimum atomic E-state index is -0.520. The number of hydrogen-bond donors (Lipinski definition) is 2. The van der Waals surface area contributed by atoms with Gasteiger partial charge in [-0.3, -0.25) is 9.78 Å². The van der Waals surface area contributed by atoms with Gasteiger partial charge >= 0.3 is 0 Å². The van der Waals surface area contributed by atoms with E-state index >= 15 is 0 Å². The van der Waals surface area contributed by atoms with Gasteiger partial charge in [0, 0.05) is 17.6 Å². The quantitative estimate of drug-likeness (QED) is 0.688. The molecule has 0 aliphatic rings. The van der Waals surface area contributed by atoms with E-state index in [1.165, 1.54) is 48.8 Å². The van der Waals surface area contributed by atoms with E-state index in [2.05, 4.69) is 15.6 Å². The van der Waals surface area contributed by atoms with Crippen LogP contribution in [0, 0.1) is 11.6 Å². The molecule has 7 heteroatoms. The van der Waals surface area contributed by atoms with Crippen LogP contribution in [0.4, 0.5) is 25.8 Å². The zero-order chi connectivity index (χ0) is 17.8. The normalized spacial score (nSPS) is 10.4. The van der Waals surface area contributed by atoms with Crippen LogP contribution < -0.4 is 10.6 Å². The molecule has 4 nitrogen and oxygen atoms in total. The SMILES string of the molecule is O=C(Nc1cccc(F)c1)c1cncc(Nc2ccc(F)c(Cl)c2)c1. The van der Waals surface area contributed by atoms with E-state index in [4.69, 9.17) is 11.6 Å². The Balaban J connectivity index is 1.76. The lowest BCUT2D eigenvalue weighted by atomic mass is 10.2. The smallest absolute Gasteiger partial charge is 0.257 e. The monoisotopic (exact) mass is 359 g/mol. The van der Waals surface area contributed by atoms with Crippen molar-refractivity contribution in [2.45, 2.75) is 0 Å². The molecule has 0 unspecified atom stereocenters. The summed E-state index contributed by atoms with van der Waals surface area (Å²) in [5.74, 6) is -1.40. The summed E-state index contributed by atoms with van der Waals surface area (Å²) < 4.78 is 26.4. The number of hydrogen-bond acceptors (Lipinski definition) is 3. The molecule has 0 saturated heterocycles. The molecule has 0 fully saturated rings. The van der Waals surface area contributed by atoms with E-state index < -0.39 is 17.5 Å². The largest absolute Gasteiger partial charge is 0.354 e. The number of aromatic nitrogens is 1. The van der Waals surface area contributed by atoms with Crippen LogP contribution >= 0.6 is 11.6 Å². The minimum Gasteiger partial charge on any atom is -0.354 e. The van der Waals surface area contributed by atoms with Gasteiger partial charge in [0.25, 0.3) is 5.91 Å². The van der Waals surface area contributed by atoms with Gasteiger partial charge in [-0.2, -0.15) is 0 Å². The third kappa shape index (κ3) is 4.30. The summed E-state index contributed by atoms with van der Waals surface area (Å²) in [6, 6.07) is 11.3. The molecule has 0 saturated carbocycles. The van der Waals surface area contributed by atoms with Crippen molar-refractivity contribution in [1.29, 1.82) is 0 Å². The molecule has 0 bridgehead atoms. The lowest BCUT2D eigenvalue weighted by Crippen LogP contribution is -2.12. The van der Waals surface area contributed by atoms with Crippen LogP contribution in [0.5, 0.6) is 0 Å². The Morgan fingerprint density at radius 3 is 2.56 bits per heavy atom. The zero-order valence-corrected chi connectivity index (χ0v) is 13.5. The number of pyridine rings is 1. The molecule has 0 aliphatic carbocycles. The van der Waals surface area contributed by atoms with Crippen molar-refractivity contribution in [2.24, 2.45) is 0 Å². The van der Waals surface area contributed by atoms with Crippen LogP contribution in [0.15, 0.2) is 60.9 Å². The maximum Gasteiger partial charge on any atom is 0.257 e. The molecular formula is C18H12ClF2N3O. The van der Waals surface area contributed by atoms with Gasteiger partial charge in [0.05, 0.1) is 22.5 Å². The molecule has 1 aromatic heterocycles. The summed E-state index contributed by atoms with van der Waals surface area (Å²) in [6.07, 6.45) is 2.90. The highest BCUT2D eigenvalue weighted by Crippen LogP contribution is 2.23. The van der Waals surface area contributed by atoms with Crippen LogP contribution in [0.2, 0.25) is 5.02 Å². The van der Waals surface area contributed by atoms with Gasteiger partial charge in [-0.1, -0.05) is 17.7 Å². The second-order valence-corrected chi connectivity index (χ2v) is 5.59. The van der Waals surface area contributed by atoms with E-state index in [1.807, 2.05) is 0 Å². The molecule has 3 aromatic rings. The summed E-state index contributed by atoms with van der Waals surface area (Å²) in [5.41, 5.74) is 1.70. The number of rotatable bonds is 4. The molecule has 0 spiro atoms. The number of benzene rings is 2. The van der Waals surface area contributed by atoms with E-state index in [0.717, 1.165) is 0 Å². The average Bonchev–Trinajstić information content (AvgIpc) is 2.58. The summed E-state index contributed by atoms with van der Waals surface area (Å²) in [6.45, 7) is 0. The van der Waals surface area contributed by atoms with Crippen molar-refractivity contribution in [2.75, 3.05) is 10.6 Å². The van der Waals surface area contributed by atoms with Crippen molar-refractivity contribution < 1.29 is 13.6 Å². The van der Waals surface area contributed by atoms with Gasteiger partial charge in [-0.05, 0) is 42.5 Å². The van der Waals surface area contributed by atoms with Gasteiger partial charge in [-0.15, -0.1) is 0 Å². The molecule has 3 rings (SSSR count). The second-order valence-electron chi connectivity index (χ2n) is 5.18. The van der Waals surface area contributed by atoms with Crippen LogP contribution in [-0.2, 0) is 0 Å². The summed E-state index contributed by atoms with van der Waals surface area (Å²) in [4.78, 5) is 16.3. The third-order valence-corrected chi connectivity index (χ3v) is 3.58. The molecule has 0 aliphatic heterocycles. The highest BCUT2D eigenvalue weighted by Gasteiger charge is 2.09. The lowest BCUT2D eigenvalue weighted by Gasteiger charge is -2.09. The van der Waals surface area contributed by atoms with Crippen LogP contribution in [-0.4, -0.2) is 10.9 Å². The summed E-state index contributed by atoms with van der Waals surface area (Å²) in [7, 11) is 0. The zero-order valence-electron chi connectivity index (χ0n) is 12.8. The van der Waals surface area contributed by atoms with Crippen LogP contribution in [0.1, 0.15) is 10.4 Å². The molecule has 1 heterocycles. The minimum absolute atomic E-state index is 0.0158. The molecule has 2 aromatic carbocycles. The Hall–Kier alpha value is -2.99. The lowest BCUT2D eigenvalue weighted by molar-refractivity contribution is 0.102. The highest BCUT2D eigenvalue weighted by atomic mass is 35.5. The first-order valence-electron chi connectivity index (χ1n) is 7.25. The Morgan fingerprint density at radius 1 is 0.960 bits per heavy atom. The summed E-state index contributed by atoms with van der Waals surface area (Å²) >= 11 is 5.74.